The highest BCUT2D eigenvalue weighted by atomic mass is 79.9. The van der Waals surface area contributed by atoms with Crippen molar-refractivity contribution in [1.29, 1.82) is 0 Å². The third-order valence-electron chi connectivity index (χ3n) is 2.90. The van der Waals surface area contributed by atoms with Crippen molar-refractivity contribution in [2.45, 2.75) is 25.3 Å². The Hall–Kier alpha value is -1.38. The number of aromatic nitrogens is 1. The third-order valence-corrected chi connectivity index (χ3v) is 5.02. The van der Waals surface area contributed by atoms with Crippen LogP contribution in [0.5, 0.6) is 0 Å². The summed E-state index contributed by atoms with van der Waals surface area (Å²) in [4.78, 5) is 0.116. The van der Waals surface area contributed by atoms with Crippen molar-refractivity contribution in [3.05, 3.63) is 39.7 Å². The summed E-state index contributed by atoms with van der Waals surface area (Å²) in [6.07, 6.45) is 0. The number of sulfonamides is 1. The first-order chi connectivity index (χ1) is 9.31. The summed E-state index contributed by atoms with van der Waals surface area (Å²) in [5, 5.41) is 3.78. The molecule has 0 aliphatic heterocycles. The van der Waals surface area contributed by atoms with Crippen molar-refractivity contribution >= 4 is 31.6 Å². The van der Waals surface area contributed by atoms with Crippen molar-refractivity contribution in [2.24, 2.45) is 0 Å². The lowest BCUT2D eigenvalue weighted by Crippen LogP contribution is -2.23. The van der Waals surface area contributed by atoms with Crippen LogP contribution in [-0.4, -0.2) is 13.6 Å². The lowest BCUT2D eigenvalue weighted by atomic mass is 10.2. The highest BCUT2D eigenvalue weighted by molar-refractivity contribution is 9.10. The smallest absolute Gasteiger partial charge is 0.240 e. The normalized spacial score (nSPS) is 11.8. The van der Waals surface area contributed by atoms with E-state index < -0.39 is 10.0 Å². The summed E-state index contributed by atoms with van der Waals surface area (Å²) in [5.41, 5.74) is 7.46. The zero-order chi connectivity index (χ0) is 14.9. The SMILES string of the molecule is Cc1noc(C)c1CNS(=O)(=O)c1ccc(Br)c(N)c1. The molecule has 6 nitrogen and oxygen atoms in total. The summed E-state index contributed by atoms with van der Waals surface area (Å²) >= 11 is 3.22. The molecule has 3 N–H and O–H groups in total. The van der Waals surface area contributed by atoms with E-state index in [0.29, 0.717) is 21.6 Å². The molecule has 1 aromatic heterocycles. The minimum Gasteiger partial charge on any atom is -0.398 e. The number of aryl methyl sites for hydroxylation is 2. The summed E-state index contributed by atoms with van der Waals surface area (Å²) in [6.45, 7) is 3.62. The predicted molar refractivity (Wildman–Crippen MR) is 78.6 cm³/mol. The van der Waals surface area contributed by atoms with Crippen LogP contribution in [0.1, 0.15) is 17.0 Å². The molecule has 1 aromatic carbocycles. The molecule has 0 bridgehead atoms. The van der Waals surface area contributed by atoms with Gasteiger partial charge >= 0.3 is 0 Å². The zero-order valence-corrected chi connectivity index (χ0v) is 13.4. The van der Waals surface area contributed by atoms with Gasteiger partial charge in [0, 0.05) is 22.3 Å². The van der Waals surface area contributed by atoms with Gasteiger partial charge in [-0.05, 0) is 48.0 Å². The summed E-state index contributed by atoms with van der Waals surface area (Å²) < 4.78 is 32.5. The number of benzene rings is 1. The maximum Gasteiger partial charge on any atom is 0.240 e. The van der Waals surface area contributed by atoms with E-state index in [1.807, 2.05) is 0 Å². The Balaban J connectivity index is 2.21. The van der Waals surface area contributed by atoms with Gasteiger partial charge in [0.2, 0.25) is 10.0 Å². The monoisotopic (exact) mass is 359 g/mol. The largest absolute Gasteiger partial charge is 0.398 e. The molecule has 0 spiro atoms. The summed E-state index contributed by atoms with van der Waals surface area (Å²) in [6, 6.07) is 4.48. The van der Waals surface area contributed by atoms with Crippen molar-refractivity contribution in [2.75, 3.05) is 5.73 Å². The first-order valence-electron chi connectivity index (χ1n) is 5.77. The zero-order valence-electron chi connectivity index (χ0n) is 11.0. The number of hydrogen-bond acceptors (Lipinski definition) is 5. The van der Waals surface area contributed by atoms with Gasteiger partial charge in [-0.3, -0.25) is 0 Å². The predicted octanol–water partition coefficient (Wildman–Crippen LogP) is 2.11. The molecule has 0 saturated carbocycles. The van der Waals surface area contributed by atoms with Gasteiger partial charge in [0.1, 0.15) is 5.76 Å². The number of nitrogens with zero attached hydrogens (tertiary/aromatic N) is 1. The molecule has 2 rings (SSSR count). The molecule has 108 valence electrons. The first kappa shape index (κ1) is 15.0. The van der Waals surface area contributed by atoms with Crippen LogP contribution in [0.15, 0.2) is 32.1 Å². The van der Waals surface area contributed by atoms with Crippen LogP contribution in [0.25, 0.3) is 0 Å². The van der Waals surface area contributed by atoms with Crippen LogP contribution in [-0.2, 0) is 16.6 Å². The second kappa shape index (κ2) is 5.55. The van der Waals surface area contributed by atoms with Crippen molar-refractivity contribution in [3.8, 4) is 0 Å². The average Bonchev–Trinajstić information content (AvgIpc) is 2.70. The molecular weight excluding hydrogens is 346 g/mol. The minimum atomic E-state index is -3.63. The Morgan fingerprint density at radius 2 is 2.10 bits per heavy atom. The van der Waals surface area contributed by atoms with Gasteiger partial charge in [-0.25, -0.2) is 13.1 Å². The van der Waals surface area contributed by atoms with E-state index in [9.17, 15) is 8.42 Å². The first-order valence-corrected chi connectivity index (χ1v) is 8.05. The second-order valence-electron chi connectivity index (χ2n) is 4.31. The van der Waals surface area contributed by atoms with Crippen LogP contribution >= 0.6 is 15.9 Å². The van der Waals surface area contributed by atoms with E-state index >= 15 is 0 Å². The summed E-state index contributed by atoms with van der Waals surface area (Å²) in [5.74, 6) is 0.598. The number of anilines is 1. The number of nitrogen functional groups attached to an aromatic ring is 1. The van der Waals surface area contributed by atoms with E-state index in [2.05, 4.69) is 25.8 Å². The molecule has 0 amide bonds. The maximum absolute atomic E-state index is 12.2. The second-order valence-corrected chi connectivity index (χ2v) is 6.93. The standard InChI is InChI=1S/C12H14BrN3O3S/c1-7-10(8(2)19-16-7)6-15-20(17,18)9-3-4-11(13)12(14)5-9/h3-5,15H,6,14H2,1-2H3. The van der Waals surface area contributed by atoms with Crippen LogP contribution in [0.3, 0.4) is 0 Å². The highest BCUT2D eigenvalue weighted by Gasteiger charge is 2.17. The average molecular weight is 360 g/mol. The van der Waals surface area contributed by atoms with Crippen molar-refractivity contribution in [3.63, 3.8) is 0 Å². The van der Waals surface area contributed by atoms with E-state index in [1.54, 1.807) is 19.9 Å². The topological polar surface area (TPSA) is 98.2 Å². The molecule has 0 unspecified atom stereocenters. The Bertz CT molecular complexity index is 721. The molecule has 0 aliphatic rings. The maximum atomic E-state index is 12.2. The molecule has 8 heteroatoms. The lowest BCUT2D eigenvalue weighted by Gasteiger charge is -2.08. The Labute approximate surface area is 125 Å². The molecule has 20 heavy (non-hydrogen) atoms. The van der Waals surface area contributed by atoms with Gasteiger partial charge in [0.05, 0.1) is 10.6 Å². The fraction of sp³-hybridized carbons (Fsp3) is 0.250. The van der Waals surface area contributed by atoms with E-state index in [-0.39, 0.29) is 11.4 Å². The molecule has 0 atom stereocenters. The Morgan fingerprint density at radius 1 is 1.40 bits per heavy atom. The van der Waals surface area contributed by atoms with Gasteiger partial charge < -0.3 is 10.3 Å². The van der Waals surface area contributed by atoms with Crippen LogP contribution in [0, 0.1) is 13.8 Å². The quantitative estimate of drug-likeness (QED) is 0.814. The van der Waals surface area contributed by atoms with Crippen molar-refractivity contribution < 1.29 is 12.9 Å². The van der Waals surface area contributed by atoms with Crippen molar-refractivity contribution in [1.82, 2.24) is 9.88 Å². The number of rotatable bonds is 4. The van der Waals surface area contributed by atoms with E-state index in [1.165, 1.54) is 12.1 Å². The fourth-order valence-electron chi connectivity index (χ4n) is 1.69. The molecule has 0 aliphatic carbocycles. The van der Waals surface area contributed by atoms with Crippen LogP contribution in [0.2, 0.25) is 0 Å². The number of nitrogens with two attached hydrogens (primary N) is 1. The minimum absolute atomic E-state index is 0.116. The van der Waals surface area contributed by atoms with Gasteiger partial charge in [-0.1, -0.05) is 5.16 Å². The highest BCUT2D eigenvalue weighted by Crippen LogP contribution is 2.23. The van der Waals surface area contributed by atoms with Crippen LogP contribution < -0.4 is 10.5 Å². The van der Waals surface area contributed by atoms with Crippen LogP contribution in [0.4, 0.5) is 5.69 Å². The Morgan fingerprint density at radius 3 is 2.65 bits per heavy atom. The van der Waals surface area contributed by atoms with Gasteiger partial charge in [0.25, 0.3) is 0 Å². The molecular formula is C12H14BrN3O3S. The summed E-state index contributed by atoms with van der Waals surface area (Å²) in [7, 11) is -3.63. The number of hydrogen-bond donors (Lipinski definition) is 2. The molecule has 2 aromatic rings. The van der Waals surface area contributed by atoms with Gasteiger partial charge in [-0.2, -0.15) is 0 Å². The number of nitrogens with one attached hydrogen (secondary N) is 1. The Kier molecular flexibility index (Phi) is 4.17. The third kappa shape index (κ3) is 3.02. The van der Waals surface area contributed by atoms with E-state index in [0.717, 1.165) is 5.56 Å². The molecule has 0 saturated heterocycles. The molecule has 0 fully saturated rings. The molecule has 0 radical (unpaired) electrons. The number of halogens is 1. The molecule has 1 heterocycles. The van der Waals surface area contributed by atoms with Gasteiger partial charge in [0.15, 0.2) is 0 Å². The van der Waals surface area contributed by atoms with E-state index in [4.69, 9.17) is 10.3 Å². The fourth-order valence-corrected chi connectivity index (χ4v) is 2.97. The lowest BCUT2D eigenvalue weighted by molar-refractivity contribution is 0.392. The van der Waals surface area contributed by atoms with Gasteiger partial charge in [-0.15, -0.1) is 0 Å².